The molecular formula is C13H27NO2Si. The summed E-state index contributed by atoms with van der Waals surface area (Å²) >= 11 is 0. The zero-order valence-corrected chi connectivity index (χ0v) is 13.0. The first-order chi connectivity index (χ1) is 7.80. The van der Waals surface area contributed by atoms with Gasteiger partial charge in [-0.2, -0.15) is 0 Å². The van der Waals surface area contributed by atoms with E-state index in [2.05, 4.69) is 46.9 Å². The van der Waals surface area contributed by atoms with Crippen molar-refractivity contribution < 1.29 is 9.22 Å². The Balaban J connectivity index is 2.65. The Morgan fingerprint density at radius 2 is 1.59 bits per heavy atom. The van der Waals surface area contributed by atoms with Gasteiger partial charge in [0.15, 0.2) is 8.32 Å². The molecule has 1 saturated heterocycles. The lowest BCUT2D eigenvalue weighted by Crippen LogP contribution is -2.55. The van der Waals surface area contributed by atoms with Crippen molar-refractivity contribution in [1.29, 1.82) is 0 Å². The van der Waals surface area contributed by atoms with Gasteiger partial charge in [0.25, 0.3) is 0 Å². The summed E-state index contributed by atoms with van der Waals surface area (Å²) in [6.45, 7) is 14.4. The molecule has 1 rings (SSSR count). The van der Waals surface area contributed by atoms with E-state index in [0.717, 1.165) is 0 Å². The molecular weight excluding hydrogens is 230 g/mol. The quantitative estimate of drug-likeness (QED) is 0.586. The maximum Gasteiger partial charge on any atom is 0.222 e. The zero-order chi connectivity index (χ0) is 13.2. The Bertz CT molecular complexity index is 247. The van der Waals surface area contributed by atoms with Crippen molar-refractivity contribution in [3.8, 4) is 0 Å². The van der Waals surface area contributed by atoms with Gasteiger partial charge in [-0.15, -0.1) is 0 Å². The largest absolute Gasteiger partial charge is 0.414 e. The molecule has 1 heterocycles. The SMILES string of the molecule is CC(C)[Si](OCC1CC(=O)N1)(C(C)C)C(C)C. The average molecular weight is 257 g/mol. The van der Waals surface area contributed by atoms with Crippen LogP contribution in [-0.2, 0) is 9.22 Å². The Morgan fingerprint density at radius 1 is 1.18 bits per heavy atom. The monoisotopic (exact) mass is 257 g/mol. The molecule has 1 fully saturated rings. The lowest BCUT2D eigenvalue weighted by Gasteiger charge is -2.43. The van der Waals surface area contributed by atoms with Gasteiger partial charge in [0.1, 0.15) is 0 Å². The second-order valence-electron chi connectivity index (χ2n) is 6.10. The minimum atomic E-state index is -1.75. The van der Waals surface area contributed by atoms with Crippen LogP contribution in [0.2, 0.25) is 16.6 Å². The zero-order valence-electron chi connectivity index (χ0n) is 12.0. The van der Waals surface area contributed by atoms with E-state index in [9.17, 15) is 4.79 Å². The van der Waals surface area contributed by atoms with Gasteiger partial charge in [0, 0.05) is 6.42 Å². The molecule has 1 atom stereocenters. The topological polar surface area (TPSA) is 38.3 Å². The number of carbonyl (C=O) groups excluding carboxylic acids is 1. The molecule has 0 aliphatic carbocycles. The summed E-state index contributed by atoms with van der Waals surface area (Å²) in [5.74, 6) is 0.157. The summed E-state index contributed by atoms with van der Waals surface area (Å²) < 4.78 is 6.39. The van der Waals surface area contributed by atoms with Gasteiger partial charge in [0.2, 0.25) is 5.91 Å². The molecule has 0 spiro atoms. The molecule has 17 heavy (non-hydrogen) atoms. The van der Waals surface area contributed by atoms with Crippen LogP contribution >= 0.6 is 0 Å². The van der Waals surface area contributed by atoms with Crippen molar-refractivity contribution in [2.45, 2.75) is 70.6 Å². The van der Waals surface area contributed by atoms with Gasteiger partial charge in [-0.25, -0.2) is 0 Å². The first kappa shape index (κ1) is 14.7. The fourth-order valence-corrected chi connectivity index (χ4v) is 8.77. The summed E-state index contributed by atoms with van der Waals surface area (Å²) in [4.78, 5) is 10.9. The highest BCUT2D eigenvalue weighted by Gasteiger charge is 2.45. The summed E-state index contributed by atoms with van der Waals surface area (Å²) in [6.07, 6.45) is 0.638. The highest BCUT2D eigenvalue weighted by Crippen LogP contribution is 2.42. The maximum atomic E-state index is 10.9. The molecule has 0 saturated carbocycles. The van der Waals surface area contributed by atoms with E-state index in [1.54, 1.807) is 0 Å². The molecule has 0 aromatic carbocycles. The Morgan fingerprint density at radius 3 is 1.88 bits per heavy atom. The highest BCUT2D eigenvalue weighted by atomic mass is 28.4. The third-order valence-electron chi connectivity index (χ3n) is 4.04. The molecule has 0 aromatic rings. The molecule has 3 nitrogen and oxygen atoms in total. The molecule has 100 valence electrons. The van der Waals surface area contributed by atoms with E-state index in [1.165, 1.54) is 0 Å². The van der Waals surface area contributed by atoms with Crippen LogP contribution in [-0.4, -0.2) is 26.9 Å². The molecule has 1 unspecified atom stereocenters. The van der Waals surface area contributed by atoms with Crippen LogP contribution in [0.5, 0.6) is 0 Å². The van der Waals surface area contributed by atoms with Gasteiger partial charge in [-0.1, -0.05) is 41.5 Å². The van der Waals surface area contributed by atoms with E-state index >= 15 is 0 Å². The number of nitrogens with one attached hydrogen (secondary N) is 1. The van der Waals surface area contributed by atoms with Gasteiger partial charge in [0.05, 0.1) is 12.6 Å². The van der Waals surface area contributed by atoms with Crippen LogP contribution in [0.15, 0.2) is 0 Å². The lowest BCUT2D eigenvalue weighted by atomic mass is 10.1. The van der Waals surface area contributed by atoms with E-state index in [0.29, 0.717) is 29.7 Å². The summed E-state index contributed by atoms with van der Waals surface area (Å²) in [5.41, 5.74) is 1.83. The minimum absolute atomic E-state index is 0.157. The van der Waals surface area contributed by atoms with Crippen molar-refractivity contribution in [2.75, 3.05) is 6.61 Å². The molecule has 0 bridgehead atoms. The molecule has 1 amide bonds. The van der Waals surface area contributed by atoms with Gasteiger partial charge in [-0.3, -0.25) is 4.79 Å². The highest BCUT2D eigenvalue weighted by molar-refractivity contribution is 6.77. The van der Waals surface area contributed by atoms with Crippen molar-refractivity contribution >= 4 is 14.2 Å². The normalized spacial score (nSPS) is 21.0. The van der Waals surface area contributed by atoms with Crippen LogP contribution in [0.1, 0.15) is 48.0 Å². The molecule has 1 aliphatic heterocycles. The second-order valence-corrected chi connectivity index (χ2v) is 11.6. The smallest absolute Gasteiger partial charge is 0.222 e. The Labute approximate surface area is 106 Å². The summed E-state index contributed by atoms with van der Waals surface area (Å²) in [6, 6.07) is 0.255. The molecule has 1 N–H and O–H groups in total. The predicted molar refractivity (Wildman–Crippen MR) is 73.5 cm³/mol. The number of carbonyl (C=O) groups is 1. The van der Waals surface area contributed by atoms with Crippen molar-refractivity contribution in [3.05, 3.63) is 0 Å². The number of β-lactam (4-membered cyclic amide) rings is 1. The molecule has 0 radical (unpaired) electrons. The lowest BCUT2D eigenvalue weighted by molar-refractivity contribution is -0.128. The van der Waals surface area contributed by atoms with Crippen LogP contribution in [0.4, 0.5) is 0 Å². The van der Waals surface area contributed by atoms with Crippen LogP contribution in [0, 0.1) is 0 Å². The minimum Gasteiger partial charge on any atom is -0.414 e. The molecule has 1 aliphatic rings. The van der Waals surface area contributed by atoms with Crippen molar-refractivity contribution in [3.63, 3.8) is 0 Å². The average Bonchev–Trinajstić information content (AvgIpc) is 2.13. The van der Waals surface area contributed by atoms with Crippen LogP contribution in [0.25, 0.3) is 0 Å². The second kappa shape index (κ2) is 5.53. The van der Waals surface area contributed by atoms with Crippen molar-refractivity contribution in [2.24, 2.45) is 0 Å². The van der Waals surface area contributed by atoms with Gasteiger partial charge < -0.3 is 9.74 Å². The predicted octanol–water partition coefficient (Wildman–Crippen LogP) is 3.07. The fourth-order valence-electron chi connectivity index (χ4n) is 3.28. The Kier molecular flexibility index (Phi) is 4.78. The number of hydrogen-bond donors (Lipinski definition) is 1. The Hall–Kier alpha value is -0.353. The van der Waals surface area contributed by atoms with E-state index in [-0.39, 0.29) is 11.9 Å². The first-order valence-corrected chi connectivity index (χ1v) is 8.88. The van der Waals surface area contributed by atoms with E-state index in [1.807, 2.05) is 0 Å². The van der Waals surface area contributed by atoms with Crippen molar-refractivity contribution in [1.82, 2.24) is 5.32 Å². The van der Waals surface area contributed by atoms with Crippen LogP contribution in [0.3, 0.4) is 0 Å². The van der Waals surface area contributed by atoms with Crippen LogP contribution < -0.4 is 5.32 Å². The molecule has 4 heteroatoms. The molecule has 0 aromatic heterocycles. The standard InChI is InChI=1S/C13H27NO2Si/c1-9(2)17(10(3)4,11(5)6)16-8-12-7-13(15)14-12/h9-12H,7-8H2,1-6H3,(H,14,15). The number of amides is 1. The fraction of sp³-hybridized carbons (Fsp3) is 0.923. The third-order valence-corrected chi connectivity index (χ3v) is 10.1. The van der Waals surface area contributed by atoms with E-state index in [4.69, 9.17) is 4.43 Å². The maximum absolute atomic E-state index is 10.9. The summed E-state index contributed by atoms with van der Waals surface area (Å²) in [5, 5.41) is 2.89. The number of hydrogen-bond acceptors (Lipinski definition) is 2. The van der Waals surface area contributed by atoms with Gasteiger partial charge >= 0.3 is 0 Å². The van der Waals surface area contributed by atoms with Gasteiger partial charge in [-0.05, 0) is 16.6 Å². The number of rotatable bonds is 6. The van der Waals surface area contributed by atoms with E-state index < -0.39 is 8.32 Å². The first-order valence-electron chi connectivity index (χ1n) is 6.74. The third kappa shape index (κ3) is 2.91. The summed E-state index contributed by atoms with van der Waals surface area (Å²) in [7, 11) is -1.75.